The van der Waals surface area contributed by atoms with Crippen molar-refractivity contribution < 1.29 is 14.3 Å². The summed E-state index contributed by atoms with van der Waals surface area (Å²) in [4.78, 5) is 33.1. The average Bonchev–Trinajstić information content (AvgIpc) is 3.77. The first-order valence-electron chi connectivity index (χ1n) is 16.9. The molecule has 2 aromatic carbocycles. The summed E-state index contributed by atoms with van der Waals surface area (Å²) in [7, 11) is 3.21. The standard InChI is InChI=1S/C37H41Cl2N7O3/c1-37-14-6-7-22(37)19-46(21-37)20-31-36(49-3)45-29(18-42-31)27-11-5-9-25(34(27)39)24-8-4-10-26(33(24)38)28-17-41-30(35(44-28)48-2)16-40-15-23-12-13-32(47)43-23/h4-5,8-11,17-18,22-23,40H,6-7,12-16,19-21H2,1-3H3,(H,43,47)/t22-,23-,37+/m0/s1. The van der Waals surface area contributed by atoms with Crippen LogP contribution >= 0.6 is 23.2 Å². The predicted octanol–water partition coefficient (Wildman–Crippen LogP) is 6.58. The highest BCUT2D eigenvalue weighted by Crippen LogP contribution is 2.48. The predicted molar refractivity (Wildman–Crippen MR) is 191 cm³/mol. The van der Waals surface area contributed by atoms with Crippen LogP contribution in [0.15, 0.2) is 48.8 Å². The molecule has 2 aromatic heterocycles. The van der Waals surface area contributed by atoms with Gasteiger partial charge in [0.1, 0.15) is 11.4 Å². The van der Waals surface area contributed by atoms with E-state index < -0.39 is 0 Å². The van der Waals surface area contributed by atoms with Gasteiger partial charge in [0.15, 0.2) is 0 Å². The summed E-state index contributed by atoms with van der Waals surface area (Å²) in [6, 6.07) is 11.7. The van der Waals surface area contributed by atoms with Crippen LogP contribution in [-0.2, 0) is 17.9 Å². The van der Waals surface area contributed by atoms with E-state index in [-0.39, 0.29) is 11.9 Å². The van der Waals surface area contributed by atoms with Crippen molar-refractivity contribution in [2.75, 3.05) is 33.9 Å². The maximum atomic E-state index is 11.5. The zero-order chi connectivity index (χ0) is 34.1. The number of fused-ring (bicyclic) bond motifs is 1. The minimum absolute atomic E-state index is 0.0903. The van der Waals surface area contributed by atoms with Gasteiger partial charge in [0.05, 0.1) is 48.0 Å². The second-order valence-corrected chi connectivity index (χ2v) is 14.4. The first kappa shape index (κ1) is 33.7. The van der Waals surface area contributed by atoms with Crippen LogP contribution in [0.4, 0.5) is 0 Å². The molecule has 0 bridgehead atoms. The van der Waals surface area contributed by atoms with E-state index in [2.05, 4.69) is 27.4 Å². The molecule has 0 spiro atoms. The van der Waals surface area contributed by atoms with Crippen LogP contribution < -0.4 is 20.1 Å². The normalized spacial score (nSPS) is 21.9. The third-order valence-electron chi connectivity index (χ3n) is 10.3. The van der Waals surface area contributed by atoms with Crippen molar-refractivity contribution in [2.24, 2.45) is 11.3 Å². The number of aromatic nitrogens is 4. The molecule has 2 aliphatic heterocycles. The minimum Gasteiger partial charge on any atom is -0.480 e. The molecule has 1 saturated carbocycles. The lowest BCUT2D eigenvalue weighted by Gasteiger charge is -2.23. The van der Waals surface area contributed by atoms with Crippen molar-refractivity contribution in [3.63, 3.8) is 0 Å². The van der Waals surface area contributed by atoms with Gasteiger partial charge in [-0.3, -0.25) is 19.7 Å². The third kappa shape index (κ3) is 6.84. The average molecular weight is 703 g/mol. The van der Waals surface area contributed by atoms with Crippen LogP contribution in [0.2, 0.25) is 10.0 Å². The number of amides is 1. The van der Waals surface area contributed by atoms with Crippen LogP contribution in [0.5, 0.6) is 11.8 Å². The highest BCUT2D eigenvalue weighted by atomic mass is 35.5. The van der Waals surface area contributed by atoms with Crippen LogP contribution in [-0.4, -0.2) is 70.6 Å². The summed E-state index contributed by atoms with van der Waals surface area (Å²) in [6.45, 7) is 6.41. The summed E-state index contributed by atoms with van der Waals surface area (Å²) < 4.78 is 11.3. The highest BCUT2D eigenvalue weighted by Gasteiger charge is 2.45. The molecule has 0 unspecified atom stereocenters. The molecule has 7 rings (SSSR count). The lowest BCUT2D eigenvalue weighted by atomic mass is 9.83. The van der Waals surface area contributed by atoms with Crippen molar-refractivity contribution >= 4 is 29.1 Å². The lowest BCUT2D eigenvalue weighted by Crippen LogP contribution is -2.35. The fraction of sp³-hybridized carbons (Fsp3) is 0.432. The SMILES string of the molecule is COc1nc(-c2cccc(-c3cccc(-c4cnc(CN5C[C@@H]6CCC[C@]6(C)C5)c(OC)n4)c3Cl)c2Cl)cnc1CNC[C@@H]1CCC(=O)N1. The van der Waals surface area contributed by atoms with E-state index in [0.717, 1.165) is 47.8 Å². The molecule has 3 atom stereocenters. The van der Waals surface area contributed by atoms with Crippen molar-refractivity contribution in [3.05, 3.63) is 70.2 Å². The van der Waals surface area contributed by atoms with Gasteiger partial charge in [-0.05, 0) is 30.6 Å². The monoisotopic (exact) mass is 701 g/mol. The molecule has 12 heteroatoms. The first-order chi connectivity index (χ1) is 23.8. The molecular weight excluding hydrogens is 661 g/mol. The van der Waals surface area contributed by atoms with Crippen molar-refractivity contribution in [2.45, 2.75) is 58.2 Å². The van der Waals surface area contributed by atoms with E-state index in [1.807, 2.05) is 36.4 Å². The summed E-state index contributed by atoms with van der Waals surface area (Å²) in [5, 5.41) is 7.30. The molecule has 2 saturated heterocycles. The van der Waals surface area contributed by atoms with Gasteiger partial charge in [-0.25, -0.2) is 9.97 Å². The van der Waals surface area contributed by atoms with Gasteiger partial charge in [-0.1, -0.05) is 72.9 Å². The molecule has 4 heterocycles. The minimum atomic E-state index is 0.0903. The molecule has 49 heavy (non-hydrogen) atoms. The zero-order valence-corrected chi connectivity index (χ0v) is 29.6. The van der Waals surface area contributed by atoms with Gasteiger partial charge in [-0.15, -0.1) is 0 Å². The van der Waals surface area contributed by atoms with E-state index in [1.54, 1.807) is 26.6 Å². The number of carbonyl (C=O) groups excluding carboxylic acids is 1. The van der Waals surface area contributed by atoms with E-state index in [9.17, 15) is 4.79 Å². The Morgan fingerprint density at radius 2 is 1.53 bits per heavy atom. The van der Waals surface area contributed by atoms with Gasteiger partial charge < -0.3 is 20.1 Å². The summed E-state index contributed by atoms with van der Waals surface area (Å²) in [5.74, 6) is 1.76. The van der Waals surface area contributed by atoms with E-state index in [1.165, 1.54) is 19.3 Å². The highest BCUT2D eigenvalue weighted by molar-refractivity contribution is 6.39. The molecule has 3 fully saturated rings. The molecule has 4 aromatic rings. The number of likely N-dealkylation sites (tertiary alicyclic amines) is 1. The Bertz CT molecular complexity index is 1870. The number of carbonyl (C=O) groups is 1. The van der Waals surface area contributed by atoms with Gasteiger partial charge in [0.2, 0.25) is 17.7 Å². The van der Waals surface area contributed by atoms with Crippen molar-refractivity contribution in [3.8, 4) is 45.4 Å². The fourth-order valence-corrected chi connectivity index (χ4v) is 8.37. The second kappa shape index (κ2) is 14.2. The van der Waals surface area contributed by atoms with Crippen molar-refractivity contribution in [1.29, 1.82) is 0 Å². The van der Waals surface area contributed by atoms with Gasteiger partial charge >= 0.3 is 0 Å². The number of halogens is 2. The molecule has 0 radical (unpaired) electrons. The van der Waals surface area contributed by atoms with Crippen molar-refractivity contribution in [1.82, 2.24) is 35.5 Å². The maximum Gasteiger partial charge on any atom is 0.237 e. The Balaban J connectivity index is 1.11. The fourth-order valence-electron chi connectivity index (χ4n) is 7.73. The first-order valence-corrected chi connectivity index (χ1v) is 17.6. The molecule has 1 aliphatic carbocycles. The lowest BCUT2D eigenvalue weighted by molar-refractivity contribution is -0.119. The van der Waals surface area contributed by atoms with E-state index >= 15 is 0 Å². The zero-order valence-electron chi connectivity index (χ0n) is 28.1. The number of nitrogens with one attached hydrogen (secondary N) is 2. The Morgan fingerprint density at radius 3 is 2.12 bits per heavy atom. The Labute approximate surface area is 297 Å². The smallest absolute Gasteiger partial charge is 0.237 e. The molecule has 10 nitrogen and oxygen atoms in total. The topological polar surface area (TPSA) is 114 Å². The van der Waals surface area contributed by atoms with Crippen LogP contribution in [0.25, 0.3) is 33.6 Å². The quantitative estimate of drug-likeness (QED) is 0.179. The third-order valence-corrected chi connectivity index (χ3v) is 11.2. The Kier molecular flexibility index (Phi) is 9.75. The number of hydrogen-bond acceptors (Lipinski definition) is 9. The van der Waals surface area contributed by atoms with Crippen LogP contribution in [0.3, 0.4) is 0 Å². The van der Waals surface area contributed by atoms with Gasteiger partial charge in [0.25, 0.3) is 0 Å². The van der Waals surface area contributed by atoms with E-state index in [0.29, 0.717) is 75.9 Å². The number of benzene rings is 2. The number of hydrogen-bond donors (Lipinski definition) is 2. The molecule has 2 N–H and O–H groups in total. The number of ether oxygens (including phenoxy) is 2. The summed E-state index contributed by atoms with van der Waals surface area (Å²) in [5.41, 5.74) is 6.04. The molecule has 1 amide bonds. The molecule has 256 valence electrons. The van der Waals surface area contributed by atoms with Gasteiger partial charge in [-0.2, -0.15) is 0 Å². The summed E-state index contributed by atoms with van der Waals surface area (Å²) in [6.07, 6.45) is 8.80. The number of rotatable bonds is 11. The Hall–Kier alpha value is -3.83. The maximum absolute atomic E-state index is 11.5. The molecule has 3 aliphatic rings. The number of methoxy groups -OCH3 is 2. The van der Waals surface area contributed by atoms with E-state index in [4.69, 9.17) is 47.6 Å². The largest absolute Gasteiger partial charge is 0.480 e. The second-order valence-electron chi connectivity index (χ2n) is 13.6. The Morgan fingerprint density at radius 1 is 0.918 bits per heavy atom. The summed E-state index contributed by atoms with van der Waals surface area (Å²) >= 11 is 14.2. The number of nitrogens with zero attached hydrogens (tertiary/aromatic N) is 5. The van der Waals surface area contributed by atoms with Crippen LogP contribution in [0.1, 0.15) is 50.4 Å². The van der Waals surface area contributed by atoms with Crippen LogP contribution in [0, 0.1) is 11.3 Å². The molecular formula is C37H41Cl2N7O3. The van der Waals surface area contributed by atoms with Gasteiger partial charge in [0, 0.05) is 67.4 Å².